The van der Waals surface area contributed by atoms with Crippen LogP contribution in [0.15, 0.2) is 11.6 Å². The van der Waals surface area contributed by atoms with Crippen LogP contribution in [0.2, 0.25) is 0 Å². The lowest BCUT2D eigenvalue weighted by molar-refractivity contribution is -0.137. The first-order chi connectivity index (χ1) is 7.65. The lowest BCUT2D eigenvalue weighted by Gasteiger charge is -2.09. The highest BCUT2D eigenvalue weighted by molar-refractivity contribution is 7.52. The standard InChI is InChI=1S/C8H16NO5P/c1-2-3-6(5-15(12,13)14)4-7(9)8(10)11/h4,7H,2-3,5,9H2,1H3,(H,10,11)(H2,12,13,14)/b6-4+/i1T,2T. The highest BCUT2D eigenvalue weighted by Crippen LogP contribution is 2.37. The third kappa shape index (κ3) is 7.27. The normalized spacial score (nSPS) is 19.0. The number of carboxylic acids is 1. The molecular weight excluding hydrogens is 221 g/mol. The summed E-state index contributed by atoms with van der Waals surface area (Å²) >= 11 is 0. The minimum absolute atomic E-state index is 0.0738. The molecule has 0 amide bonds. The van der Waals surface area contributed by atoms with E-state index in [0.717, 1.165) is 6.08 Å². The molecular formula is C8H16NO5P. The van der Waals surface area contributed by atoms with Crippen molar-refractivity contribution in [2.45, 2.75) is 25.8 Å². The van der Waals surface area contributed by atoms with Gasteiger partial charge >= 0.3 is 13.6 Å². The van der Waals surface area contributed by atoms with Crippen LogP contribution in [0.3, 0.4) is 0 Å². The van der Waals surface area contributed by atoms with Gasteiger partial charge in [-0.15, -0.1) is 0 Å². The fraction of sp³-hybridized carbons (Fsp3) is 0.625. The van der Waals surface area contributed by atoms with E-state index in [1.807, 2.05) is 0 Å². The predicted octanol–water partition coefficient (Wildman–Crippen LogP) is 0.303. The number of allylic oxidation sites excluding steroid dienone is 1. The van der Waals surface area contributed by atoms with Gasteiger partial charge in [0, 0.05) is 2.74 Å². The van der Waals surface area contributed by atoms with E-state index in [1.165, 1.54) is 0 Å². The van der Waals surface area contributed by atoms with Crippen LogP contribution in [-0.4, -0.2) is 33.1 Å². The summed E-state index contributed by atoms with van der Waals surface area (Å²) in [5, 5.41) is 8.57. The lowest BCUT2D eigenvalue weighted by Crippen LogP contribution is -2.28. The van der Waals surface area contributed by atoms with Gasteiger partial charge in [0.2, 0.25) is 0 Å². The molecule has 0 aliphatic carbocycles. The van der Waals surface area contributed by atoms with Crippen LogP contribution >= 0.6 is 7.60 Å². The first-order valence-corrected chi connectivity index (χ1v) is 5.89. The van der Waals surface area contributed by atoms with E-state index in [1.54, 1.807) is 0 Å². The van der Waals surface area contributed by atoms with Gasteiger partial charge in [-0.05, 0) is 6.42 Å². The molecule has 0 aromatic heterocycles. The zero-order valence-corrected chi connectivity index (χ0v) is 8.93. The Balaban J connectivity index is 4.84. The molecule has 15 heavy (non-hydrogen) atoms. The topological polar surface area (TPSA) is 121 Å². The molecule has 0 aliphatic heterocycles. The van der Waals surface area contributed by atoms with Crippen LogP contribution in [0.1, 0.15) is 22.5 Å². The molecule has 0 rings (SSSR count). The average Bonchev–Trinajstić information content (AvgIpc) is 2.14. The second-order valence-electron chi connectivity index (χ2n) is 3.00. The summed E-state index contributed by atoms with van der Waals surface area (Å²) in [6, 6.07) is -1.37. The van der Waals surface area contributed by atoms with Crippen molar-refractivity contribution in [1.29, 1.82) is 0 Å². The van der Waals surface area contributed by atoms with Crippen molar-refractivity contribution in [2.75, 3.05) is 6.16 Å². The monoisotopic (exact) mass is 241 g/mol. The van der Waals surface area contributed by atoms with Crippen molar-refractivity contribution in [3.05, 3.63) is 11.6 Å². The number of carbonyl (C=O) groups is 1. The summed E-state index contributed by atoms with van der Waals surface area (Å²) in [5.41, 5.74) is 5.31. The summed E-state index contributed by atoms with van der Waals surface area (Å²) in [6.07, 6.45) is -0.536. The number of hydrogen-bond donors (Lipinski definition) is 4. The van der Waals surface area contributed by atoms with Gasteiger partial charge in [-0.1, -0.05) is 24.9 Å². The zero-order chi connectivity index (χ0) is 13.6. The molecule has 7 heteroatoms. The van der Waals surface area contributed by atoms with Crippen LogP contribution in [0.25, 0.3) is 0 Å². The minimum Gasteiger partial charge on any atom is -0.480 e. The fourth-order valence-corrected chi connectivity index (χ4v) is 1.72. The Morgan fingerprint density at radius 2 is 2.33 bits per heavy atom. The van der Waals surface area contributed by atoms with E-state index >= 15 is 0 Å². The number of nitrogens with two attached hydrogens (primary N) is 1. The third-order valence-electron chi connectivity index (χ3n) is 1.52. The minimum atomic E-state index is -4.34. The van der Waals surface area contributed by atoms with Gasteiger partial charge < -0.3 is 20.6 Å². The van der Waals surface area contributed by atoms with Gasteiger partial charge in [-0.25, -0.2) is 0 Å². The Labute approximate surface area is 90.8 Å². The van der Waals surface area contributed by atoms with Crippen LogP contribution < -0.4 is 5.73 Å². The van der Waals surface area contributed by atoms with Crippen molar-refractivity contribution >= 4 is 13.6 Å². The fourth-order valence-electron chi connectivity index (χ4n) is 0.960. The molecule has 2 unspecified atom stereocenters. The van der Waals surface area contributed by atoms with E-state index in [0.29, 0.717) is 0 Å². The molecule has 0 saturated heterocycles. The van der Waals surface area contributed by atoms with Gasteiger partial charge in [0.25, 0.3) is 0 Å². The molecule has 0 saturated carbocycles. The summed E-state index contributed by atoms with van der Waals surface area (Å²) in [6.45, 7) is -0.235. The maximum Gasteiger partial charge on any atom is 0.329 e. The number of hydrogen-bond acceptors (Lipinski definition) is 3. The highest BCUT2D eigenvalue weighted by atomic mass is 31.2. The highest BCUT2D eigenvalue weighted by Gasteiger charge is 2.17. The van der Waals surface area contributed by atoms with E-state index < -0.39 is 32.2 Å². The van der Waals surface area contributed by atoms with Crippen molar-refractivity contribution in [1.82, 2.24) is 0 Å². The molecule has 6 nitrogen and oxygen atoms in total. The Kier molecular flexibility index (Phi) is 4.35. The first-order valence-electron chi connectivity index (χ1n) is 5.38. The molecule has 88 valence electrons. The van der Waals surface area contributed by atoms with Gasteiger partial charge in [0.05, 0.1) is 6.16 Å². The van der Waals surface area contributed by atoms with Gasteiger partial charge in [-0.2, -0.15) is 0 Å². The van der Waals surface area contributed by atoms with Crippen molar-refractivity contribution in [2.24, 2.45) is 5.73 Å². The maximum atomic E-state index is 10.8. The Morgan fingerprint density at radius 3 is 2.73 bits per heavy atom. The number of carboxylic acid groups (broad SMARTS) is 1. The maximum absolute atomic E-state index is 10.8. The second kappa shape index (κ2) is 6.02. The average molecular weight is 241 g/mol. The van der Waals surface area contributed by atoms with E-state index in [-0.39, 0.29) is 18.9 Å². The van der Waals surface area contributed by atoms with E-state index in [2.05, 4.69) is 0 Å². The summed E-state index contributed by atoms with van der Waals surface area (Å²) in [5.74, 6) is -1.32. The Hall–Kier alpha value is -0.680. The Bertz CT molecular complexity index is 343. The van der Waals surface area contributed by atoms with Crippen LogP contribution in [0, 0.1) is 0 Å². The van der Waals surface area contributed by atoms with Crippen molar-refractivity contribution in [3.63, 3.8) is 0 Å². The first kappa shape index (κ1) is 10.8. The summed E-state index contributed by atoms with van der Waals surface area (Å²) in [7, 11) is -4.34. The van der Waals surface area contributed by atoms with E-state index in [4.69, 9.17) is 23.4 Å². The van der Waals surface area contributed by atoms with Crippen molar-refractivity contribution < 1.29 is 27.0 Å². The number of aliphatic carboxylic acids is 1. The third-order valence-corrected chi connectivity index (χ3v) is 2.33. The van der Waals surface area contributed by atoms with Gasteiger partial charge in [0.1, 0.15) is 6.04 Å². The molecule has 0 radical (unpaired) electrons. The molecule has 0 aromatic rings. The Morgan fingerprint density at radius 1 is 1.73 bits per heavy atom. The molecule has 0 heterocycles. The van der Waals surface area contributed by atoms with Crippen LogP contribution in [-0.2, 0) is 9.36 Å². The molecule has 0 aliphatic rings. The quantitative estimate of drug-likeness (QED) is 0.392. The predicted molar refractivity (Wildman–Crippen MR) is 55.5 cm³/mol. The summed E-state index contributed by atoms with van der Waals surface area (Å²) in [4.78, 5) is 28.1. The van der Waals surface area contributed by atoms with Gasteiger partial charge in [-0.3, -0.25) is 9.36 Å². The van der Waals surface area contributed by atoms with Crippen LogP contribution in [0.4, 0.5) is 0 Å². The lowest BCUT2D eigenvalue weighted by atomic mass is 10.1. The molecule has 0 aromatic carbocycles. The summed E-state index contributed by atoms with van der Waals surface area (Å²) < 4.78 is 25.1. The second-order valence-corrected chi connectivity index (χ2v) is 4.65. The molecule has 0 spiro atoms. The van der Waals surface area contributed by atoms with Crippen LogP contribution in [0.5, 0.6) is 0 Å². The zero-order valence-electron chi connectivity index (χ0n) is 10.0. The number of rotatable bonds is 6. The van der Waals surface area contributed by atoms with Crippen molar-refractivity contribution in [3.8, 4) is 0 Å². The van der Waals surface area contributed by atoms with Gasteiger partial charge in [0.15, 0.2) is 0 Å². The molecule has 5 N–H and O–H groups in total. The smallest absolute Gasteiger partial charge is 0.329 e. The molecule has 2 atom stereocenters. The SMILES string of the molecule is [3H]CC([3H])C/C(=C\C(N)C(=O)O)CP(=O)(O)O. The largest absolute Gasteiger partial charge is 0.480 e. The molecule has 0 bridgehead atoms. The molecule has 0 fully saturated rings. The van der Waals surface area contributed by atoms with E-state index in [9.17, 15) is 9.36 Å².